The van der Waals surface area contributed by atoms with Crippen molar-refractivity contribution in [3.63, 3.8) is 0 Å². The maximum Gasteiger partial charge on any atom is 0.391 e. The molecule has 0 saturated heterocycles. The van der Waals surface area contributed by atoms with Crippen molar-refractivity contribution in [1.82, 2.24) is 0 Å². The van der Waals surface area contributed by atoms with Gasteiger partial charge in [-0.05, 0) is 61.2 Å². The fourth-order valence-corrected chi connectivity index (χ4v) is 2.13. The highest BCUT2D eigenvalue weighted by molar-refractivity contribution is 4.60. The number of halogens is 11. The third kappa shape index (κ3) is 125. The zero-order chi connectivity index (χ0) is 54.1. The molecule has 404 valence electrons. The lowest BCUT2D eigenvalue weighted by molar-refractivity contribution is -0.171. The average Bonchev–Trinajstić information content (AvgIpc) is 3.17. The smallest absolute Gasteiger partial charge is 0.251 e. The summed E-state index contributed by atoms with van der Waals surface area (Å²) in [6.07, 6.45) is 0.873. The maximum atomic E-state index is 11.7. The molecule has 4 unspecified atom stereocenters. The summed E-state index contributed by atoms with van der Waals surface area (Å²) in [5.74, 6) is -1.35. The number of rotatable bonds is 14. The molecule has 64 heavy (non-hydrogen) atoms. The molecule has 11 heteroatoms. The fraction of sp³-hybridized carbons (Fsp3) is 1.00. The third-order valence-corrected chi connectivity index (χ3v) is 9.55. The van der Waals surface area contributed by atoms with Crippen LogP contribution in [0.2, 0.25) is 0 Å². The normalized spacial score (nSPS) is 12.8. The van der Waals surface area contributed by atoms with Gasteiger partial charge in [-0.1, -0.05) is 231 Å². The topological polar surface area (TPSA) is 0 Å². The maximum absolute atomic E-state index is 11.7. The first kappa shape index (κ1) is 86.4. The molecule has 0 spiro atoms. The van der Waals surface area contributed by atoms with Crippen molar-refractivity contribution < 1.29 is 48.3 Å². The molecule has 0 aliphatic rings. The number of hydrogen-bond donors (Lipinski definition) is 0. The lowest BCUT2D eigenvalue weighted by Crippen LogP contribution is -2.19. The van der Waals surface area contributed by atoms with Crippen LogP contribution in [0.1, 0.15) is 263 Å². The second-order valence-corrected chi connectivity index (χ2v) is 19.8. The first-order valence-electron chi connectivity index (χ1n) is 25.0. The van der Waals surface area contributed by atoms with Gasteiger partial charge in [-0.3, -0.25) is 4.39 Å². The van der Waals surface area contributed by atoms with Crippen LogP contribution in [0.15, 0.2) is 0 Å². The Hall–Kier alpha value is -0.770. The van der Waals surface area contributed by atoms with Crippen LogP contribution in [0.5, 0.6) is 0 Å². The van der Waals surface area contributed by atoms with Crippen LogP contribution in [0.3, 0.4) is 0 Å². The van der Waals surface area contributed by atoms with E-state index in [0.717, 1.165) is 37.0 Å². The first-order valence-corrected chi connectivity index (χ1v) is 25.0. The average molecular weight is 961 g/mol. The van der Waals surface area contributed by atoms with Gasteiger partial charge < -0.3 is 0 Å². The Morgan fingerprint density at radius 1 is 0.391 bits per heavy atom. The predicted octanol–water partition coefficient (Wildman–Crippen LogP) is 23.4. The molecule has 0 amide bonds. The molecule has 0 aromatic rings. The molecule has 0 radical (unpaired) electrons. The van der Waals surface area contributed by atoms with E-state index < -0.39 is 42.5 Å². The molecular weight excluding hydrogens is 846 g/mol. The van der Waals surface area contributed by atoms with Gasteiger partial charge in [-0.15, -0.1) is 0 Å². The van der Waals surface area contributed by atoms with Crippen LogP contribution in [0.25, 0.3) is 0 Å². The van der Waals surface area contributed by atoms with Crippen LogP contribution >= 0.6 is 0 Å². The SMILES string of the molecule is CCC(C)(C)C.CCC(C)C.CCC(C)C.CCC(C)C.CCC(C)C(F)(F)F.CCC(C)C(F)F.CCC(C)CF.CCCC(C)(F)F.CCCC(C)C.CCCC(C)C(F)(F)F. The summed E-state index contributed by atoms with van der Waals surface area (Å²) in [4.78, 5) is 0. The van der Waals surface area contributed by atoms with Gasteiger partial charge in [0.1, 0.15) is 0 Å². The molecule has 0 saturated carbocycles. The summed E-state index contributed by atoms with van der Waals surface area (Å²) in [6, 6.07) is 0. The van der Waals surface area contributed by atoms with E-state index in [-0.39, 0.29) is 31.9 Å². The van der Waals surface area contributed by atoms with E-state index >= 15 is 0 Å². The molecule has 0 aromatic carbocycles. The monoisotopic (exact) mass is 961 g/mol. The van der Waals surface area contributed by atoms with Crippen LogP contribution in [-0.4, -0.2) is 31.4 Å². The Bertz CT molecular complexity index is 754. The van der Waals surface area contributed by atoms with Crippen molar-refractivity contribution in [2.75, 3.05) is 6.67 Å². The van der Waals surface area contributed by atoms with Gasteiger partial charge in [0.15, 0.2) is 0 Å². The fourth-order valence-electron chi connectivity index (χ4n) is 2.13. The van der Waals surface area contributed by atoms with Gasteiger partial charge in [0, 0.05) is 12.3 Å². The largest absolute Gasteiger partial charge is 0.391 e. The minimum absolute atomic E-state index is 0.00694. The lowest BCUT2D eigenvalue weighted by Gasteiger charge is -2.13. The Morgan fingerprint density at radius 3 is 0.703 bits per heavy atom. The summed E-state index contributed by atoms with van der Waals surface area (Å²) in [5.41, 5.74) is 0.542. The van der Waals surface area contributed by atoms with E-state index in [2.05, 4.69) is 111 Å². The van der Waals surface area contributed by atoms with Gasteiger partial charge in [0.25, 0.3) is 0 Å². The van der Waals surface area contributed by atoms with Crippen LogP contribution in [0.4, 0.5) is 48.3 Å². The summed E-state index contributed by atoms with van der Waals surface area (Å²) in [5, 5.41) is 0. The van der Waals surface area contributed by atoms with E-state index in [4.69, 9.17) is 0 Å². The van der Waals surface area contributed by atoms with Crippen molar-refractivity contribution in [1.29, 1.82) is 0 Å². The zero-order valence-electron chi connectivity index (χ0n) is 47.3. The standard InChI is InChI=1S/C6H11F3.2C6H14.C5H9F3.2C5H10F2.C5H11F.3C5H12/c1-3-4-5(2)6(7,8)9;1-5-6(2,3)4;1-4-5-6(2)3;1-3-4(2)5(6,7)8;1-3-4-5(2,6)7;1-3-4(2)5(6)7;1-3-5(2)4-6;3*1-4-5(2)3/h5H,3-4H2,1-2H3;5H2,1-4H3;6H,4-5H2,1-3H3;4H,3H2,1-2H3;3-4H2,1-2H3;4-5H,3H2,1-2H3;5H,3-4H2,1-2H3;3*5H,4H2,1-3H3. The third-order valence-electron chi connectivity index (χ3n) is 9.55. The van der Waals surface area contributed by atoms with Gasteiger partial charge in [-0.25, -0.2) is 17.6 Å². The molecule has 0 rings (SSSR count). The van der Waals surface area contributed by atoms with Gasteiger partial charge in [0.05, 0.1) is 18.5 Å². The minimum Gasteiger partial charge on any atom is -0.251 e. The van der Waals surface area contributed by atoms with E-state index in [1.165, 1.54) is 59.3 Å². The van der Waals surface area contributed by atoms with Crippen molar-refractivity contribution in [3.8, 4) is 0 Å². The molecule has 0 fully saturated rings. The van der Waals surface area contributed by atoms with E-state index in [9.17, 15) is 48.3 Å². The lowest BCUT2D eigenvalue weighted by atomic mass is 9.94. The first-order chi connectivity index (χ1) is 28.7. The van der Waals surface area contributed by atoms with Crippen LogP contribution in [0, 0.1) is 52.8 Å². The Kier molecular flexibility index (Phi) is 76.4. The molecule has 0 N–H and O–H groups in total. The quantitative estimate of drug-likeness (QED) is 0.152. The van der Waals surface area contributed by atoms with E-state index in [0.29, 0.717) is 24.7 Å². The molecule has 0 aliphatic heterocycles. The van der Waals surface area contributed by atoms with E-state index in [1.54, 1.807) is 27.7 Å². The summed E-state index contributed by atoms with van der Waals surface area (Å²) >= 11 is 0. The molecular formula is C53H115F11. The Morgan fingerprint density at radius 2 is 0.688 bits per heavy atom. The minimum atomic E-state index is -3.99. The van der Waals surface area contributed by atoms with Crippen molar-refractivity contribution >= 4 is 0 Å². The second-order valence-electron chi connectivity index (χ2n) is 19.8. The zero-order valence-corrected chi connectivity index (χ0v) is 47.3. The van der Waals surface area contributed by atoms with Crippen LogP contribution < -0.4 is 0 Å². The highest BCUT2D eigenvalue weighted by Crippen LogP contribution is 2.29. The number of hydrogen-bond acceptors (Lipinski definition) is 0. The van der Waals surface area contributed by atoms with Crippen LogP contribution in [-0.2, 0) is 0 Å². The molecule has 0 aliphatic carbocycles. The second kappa shape index (κ2) is 56.6. The molecule has 0 aromatic heterocycles. The van der Waals surface area contributed by atoms with Crippen molar-refractivity contribution in [3.05, 3.63) is 0 Å². The van der Waals surface area contributed by atoms with Crippen molar-refractivity contribution in [2.24, 2.45) is 52.8 Å². The van der Waals surface area contributed by atoms with E-state index in [1.807, 2.05) is 13.8 Å². The highest BCUT2D eigenvalue weighted by Gasteiger charge is 2.35. The summed E-state index contributed by atoms with van der Waals surface area (Å²) in [6.45, 7) is 51.0. The summed E-state index contributed by atoms with van der Waals surface area (Å²) < 4.78 is 127. The van der Waals surface area contributed by atoms with Crippen molar-refractivity contribution in [2.45, 2.75) is 288 Å². The van der Waals surface area contributed by atoms with Gasteiger partial charge in [-0.2, -0.15) is 26.3 Å². The summed E-state index contributed by atoms with van der Waals surface area (Å²) in [7, 11) is 0. The predicted molar refractivity (Wildman–Crippen MR) is 267 cm³/mol. The molecule has 4 atom stereocenters. The Labute approximate surface area is 395 Å². The van der Waals surface area contributed by atoms with Gasteiger partial charge in [0.2, 0.25) is 12.3 Å². The highest BCUT2D eigenvalue weighted by atomic mass is 19.4. The van der Waals surface area contributed by atoms with Gasteiger partial charge >= 0.3 is 12.4 Å². The number of alkyl halides is 11. The molecule has 0 bridgehead atoms. The molecule has 0 nitrogen and oxygen atoms in total. The molecule has 0 heterocycles. The Balaban J connectivity index is -0.0000000637.